The Labute approximate surface area is 67.4 Å². The van der Waals surface area contributed by atoms with Crippen molar-refractivity contribution in [3.8, 4) is 0 Å². The Balaban J connectivity index is 4.10. The molecule has 0 aromatic carbocycles. The predicted molar refractivity (Wildman–Crippen MR) is 44.0 cm³/mol. The van der Waals surface area contributed by atoms with Crippen LogP contribution in [0.15, 0.2) is 0 Å². The van der Waals surface area contributed by atoms with E-state index >= 15 is 0 Å². The van der Waals surface area contributed by atoms with Gasteiger partial charge in [-0.2, -0.15) is 0 Å². The molecule has 0 aromatic heterocycles. The van der Waals surface area contributed by atoms with Crippen molar-refractivity contribution < 1.29 is 5.11 Å². The summed E-state index contributed by atoms with van der Waals surface area (Å²) in [4.78, 5) is 0. The van der Waals surface area contributed by atoms with Crippen molar-refractivity contribution in [3.63, 3.8) is 0 Å². The van der Waals surface area contributed by atoms with Crippen LogP contribution in [0, 0.1) is 0 Å². The zero-order valence-electron chi connectivity index (χ0n) is 6.82. The maximum absolute atomic E-state index is 9.49. The summed E-state index contributed by atoms with van der Waals surface area (Å²) in [5.41, 5.74) is 4.89. The van der Waals surface area contributed by atoms with Gasteiger partial charge in [-0.05, 0) is 20.3 Å². The van der Waals surface area contributed by atoms with Gasteiger partial charge in [0.15, 0.2) is 5.06 Å². The SMILES string of the molecule is CCCC(O)(Cl)C(C)(C)N. The van der Waals surface area contributed by atoms with E-state index < -0.39 is 10.6 Å². The second-order valence-corrected chi connectivity index (χ2v) is 3.86. The van der Waals surface area contributed by atoms with Crippen LogP contribution >= 0.6 is 11.6 Å². The molecule has 0 spiro atoms. The van der Waals surface area contributed by atoms with Gasteiger partial charge in [0.1, 0.15) is 0 Å². The summed E-state index contributed by atoms with van der Waals surface area (Å²) in [6.45, 7) is 5.39. The summed E-state index contributed by atoms with van der Waals surface area (Å²) in [6, 6.07) is 0. The summed E-state index contributed by atoms with van der Waals surface area (Å²) in [5, 5.41) is 8.23. The minimum absolute atomic E-state index is 0.526. The van der Waals surface area contributed by atoms with E-state index in [0.29, 0.717) is 6.42 Å². The summed E-state index contributed by atoms with van der Waals surface area (Å²) < 4.78 is 0. The molecule has 2 nitrogen and oxygen atoms in total. The fourth-order valence-electron chi connectivity index (χ4n) is 0.653. The van der Waals surface area contributed by atoms with Crippen LogP contribution in [0.2, 0.25) is 0 Å². The lowest BCUT2D eigenvalue weighted by atomic mass is 9.94. The van der Waals surface area contributed by atoms with Crippen LogP contribution in [-0.4, -0.2) is 15.7 Å². The molecular formula is C7H16ClNO. The van der Waals surface area contributed by atoms with Crippen molar-refractivity contribution in [2.75, 3.05) is 0 Å². The Morgan fingerprint density at radius 2 is 1.90 bits per heavy atom. The van der Waals surface area contributed by atoms with Crippen LogP contribution in [0.5, 0.6) is 0 Å². The first-order valence-electron chi connectivity index (χ1n) is 3.51. The third-order valence-corrected chi connectivity index (χ3v) is 2.24. The predicted octanol–water partition coefficient (Wildman–Crippen LogP) is 1.45. The number of nitrogens with two attached hydrogens (primary N) is 1. The Morgan fingerprint density at radius 1 is 1.50 bits per heavy atom. The van der Waals surface area contributed by atoms with E-state index in [-0.39, 0.29) is 0 Å². The normalized spacial score (nSPS) is 18.6. The highest BCUT2D eigenvalue weighted by Gasteiger charge is 2.37. The largest absolute Gasteiger partial charge is 0.373 e. The molecule has 0 radical (unpaired) electrons. The number of hydrogen-bond donors (Lipinski definition) is 2. The molecule has 1 unspecified atom stereocenters. The Hall–Kier alpha value is 0.210. The van der Waals surface area contributed by atoms with Crippen molar-refractivity contribution in [1.29, 1.82) is 0 Å². The molecule has 0 bridgehead atoms. The molecule has 3 N–H and O–H groups in total. The average molecular weight is 166 g/mol. The number of alkyl halides is 1. The quantitative estimate of drug-likeness (QED) is 0.622. The average Bonchev–Trinajstić information content (AvgIpc) is 1.61. The van der Waals surface area contributed by atoms with Crippen LogP contribution in [0.25, 0.3) is 0 Å². The molecule has 3 heteroatoms. The van der Waals surface area contributed by atoms with Gasteiger partial charge >= 0.3 is 0 Å². The zero-order valence-corrected chi connectivity index (χ0v) is 7.57. The van der Waals surface area contributed by atoms with Gasteiger partial charge in [0.05, 0.1) is 5.54 Å². The van der Waals surface area contributed by atoms with E-state index in [9.17, 15) is 5.11 Å². The fraction of sp³-hybridized carbons (Fsp3) is 1.00. The summed E-state index contributed by atoms with van der Waals surface area (Å²) in [7, 11) is 0. The van der Waals surface area contributed by atoms with Gasteiger partial charge in [0.25, 0.3) is 0 Å². The highest BCUT2D eigenvalue weighted by Crippen LogP contribution is 2.28. The molecule has 0 aliphatic rings. The molecule has 0 saturated heterocycles. The van der Waals surface area contributed by atoms with E-state index in [4.69, 9.17) is 17.3 Å². The first kappa shape index (κ1) is 10.2. The lowest BCUT2D eigenvalue weighted by Crippen LogP contribution is -2.52. The van der Waals surface area contributed by atoms with E-state index in [0.717, 1.165) is 6.42 Å². The van der Waals surface area contributed by atoms with Gasteiger partial charge in [0.2, 0.25) is 0 Å². The highest BCUT2D eigenvalue weighted by molar-refractivity contribution is 6.23. The van der Waals surface area contributed by atoms with Gasteiger partial charge in [-0.25, -0.2) is 0 Å². The Morgan fingerprint density at radius 3 is 2.00 bits per heavy atom. The smallest absolute Gasteiger partial charge is 0.155 e. The Bertz CT molecular complexity index is 107. The standard InChI is InChI=1S/C7H16ClNO/c1-4-5-7(8,10)6(2,3)9/h10H,4-5,9H2,1-3H3. The summed E-state index contributed by atoms with van der Waals surface area (Å²) in [6.07, 6.45) is 1.36. The van der Waals surface area contributed by atoms with Gasteiger partial charge in [-0.15, -0.1) is 0 Å². The topological polar surface area (TPSA) is 46.2 Å². The van der Waals surface area contributed by atoms with Crippen molar-refractivity contribution in [1.82, 2.24) is 0 Å². The van der Waals surface area contributed by atoms with Gasteiger partial charge in [-0.3, -0.25) is 0 Å². The van der Waals surface area contributed by atoms with Gasteiger partial charge in [0, 0.05) is 0 Å². The fourth-order valence-corrected chi connectivity index (χ4v) is 0.842. The maximum Gasteiger partial charge on any atom is 0.155 e. The highest BCUT2D eigenvalue weighted by atomic mass is 35.5. The molecular weight excluding hydrogens is 150 g/mol. The molecule has 0 saturated carbocycles. The molecule has 0 amide bonds. The molecule has 0 aromatic rings. The lowest BCUT2D eigenvalue weighted by molar-refractivity contribution is 0.0509. The van der Waals surface area contributed by atoms with Gasteiger partial charge < -0.3 is 10.8 Å². The maximum atomic E-state index is 9.49. The van der Waals surface area contributed by atoms with E-state index in [1.165, 1.54) is 0 Å². The number of hydrogen-bond acceptors (Lipinski definition) is 2. The monoisotopic (exact) mass is 165 g/mol. The second-order valence-electron chi connectivity index (χ2n) is 3.23. The third-order valence-electron chi connectivity index (χ3n) is 1.57. The molecule has 0 aliphatic heterocycles. The molecule has 0 rings (SSSR count). The second kappa shape index (κ2) is 3.07. The van der Waals surface area contributed by atoms with Crippen molar-refractivity contribution in [3.05, 3.63) is 0 Å². The number of aliphatic hydroxyl groups is 1. The van der Waals surface area contributed by atoms with Crippen molar-refractivity contribution in [2.45, 2.75) is 44.2 Å². The minimum atomic E-state index is -1.26. The van der Waals surface area contributed by atoms with Crippen LogP contribution in [0.4, 0.5) is 0 Å². The van der Waals surface area contributed by atoms with Crippen LogP contribution in [0.3, 0.4) is 0 Å². The lowest BCUT2D eigenvalue weighted by Gasteiger charge is -2.34. The van der Waals surface area contributed by atoms with Crippen molar-refractivity contribution in [2.24, 2.45) is 5.73 Å². The van der Waals surface area contributed by atoms with E-state index in [1.807, 2.05) is 6.92 Å². The zero-order chi connectivity index (χ0) is 8.41. The first-order valence-corrected chi connectivity index (χ1v) is 3.89. The number of halogens is 1. The number of rotatable bonds is 3. The molecule has 10 heavy (non-hydrogen) atoms. The first-order chi connectivity index (χ1) is 4.31. The van der Waals surface area contributed by atoms with Gasteiger partial charge in [-0.1, -0.05) is 24.9 Å². The van der Waals surface area contributed by atoms with Crippen LogP contribution in [-0.2, 0) is 0 Å². The van der Waals surface area contributed by atoms with E-state index in [2.05, 4.69) is 0 Å². The van der Waals surface area contributed by atoms with E-state index in [1.54, 1.807) is 13.8 Å². The minimum Gasteiger partial charge on any atom is -0.373 e. The Kier molecular flexibility index (Phi) is 3.14. The molecule has 0 aliphatic carbocycles. The van der Waals surface area contributed by atoms with Crippen molar-refractivity contribution >= 4 is 11.6 Å². The molecule has 62 valence electrons. The summed E-state index contributed by atoms with van der Waals surface area (Å²) >= 11 is 5.74. The molecule has 0 fully saturated rings. The van der Waals surface area contributed by atoms with Crippen LogP contribution < -0.4 is 5.73 Å². The van der Waals surface area contributed by atoms with Crippen LogP contribution in [0.1, 0.15) is 33.6 Å². The summed E-state index contributed by atoms with van der Waals surface area (Å²) in [5.74, 6) is 0. The third kappa shape index (κ3) is 2.45. The molecule has 0 heterocycles. The molecule has 1 atom stereocenters.